The van der Waals surface area contributed by atoms with Crippen LogP contribution in [0.25, 0.3) is 11.3 Å². The first-order chi connectivity index (χ1) is 14.4. The maximum Gasteiger partial charge on any atom is 0.258 e. The van der Waals surface area contributed by atoms with Crippen molar-refractivity contribution in [3.05, 3.63) is 41.5 Å². The smallest absolute Gasteiger partial charge is 0.258 e. The largest absolute Gasteiger partial charge is 0.486 e. The molecule has 1 aliphatic heterocycles. The van der Waals surface area contributed by atoms with Crippen LogP contribution >= 0.6 is 0 Å². The van der Waals surface area contributed by atoms with E-state index in [9.17, 15) is 9.65 Å². The Balaban J connectivity index is 1.68. The quantitative estimate of drug-likeness (QED) is 0.602. The Morgan fingerprint density at radius 2 is 2.03 bits per heavy atom. The maximum absolute atomic E-state index is 13.9. The van der Waals surface area contributed by atoms with E-state index in [1.165, 1.54) is 23.0 Å². The van der Waals surface area contributed by atoms with Gasteiger partial charge in [-0.25, -0.2) is 14.4 Å². The van der Waals surface area contributed by atoms with Gasteiger partial charge in [0.25, 0.3) is 5.88 Å². The molecule has 0 amide bonds. The van der Waals surface area contributed by atoms with E-state index < -0.39 is 11.9 Å². The number of rotatable bonds is 0. The number of nitriles is 1. The Bertz CT molecular complexity index is 1200. The van der Waals surface area contributed by atoms with Crippen molar-refractivity contribution in [2.24, 2.45) is 7.05 Å². The topological polar surface area (TPSA) is 121 Å². The zero-order chi connectivity index (χ0) is 21.0. The Morgan fingerprint density at radius 3 is 2.83 bits per heavy atom. The molecule has 5 rings (SSSR count). The van der Waals surface area contributed by atoms with E-state index in [4.69, 9.17) is 19.9 Å². The zero-order valence-electron chi connectivity index (χ0n) is 16.2. The highest BCUT2D eigenvalue weighted by Crippen LogP contribution is 2.41. The Kier molecular flexibility index (Phi) is 3.99. The number of halogens is 1. The number of hydrogen-bond acceptors (Lipinski definition) is 8. The van der Waals surface area contributed by atoms with Crippen LogP contribution in [0.5, 0.6) is 17.5 Å². The van der Waals surface area contributed by atoms with Crippen molar-refractivity contribution in [3.8, 4) is 34.8 Å². The van der Waals surface area contributed by atoms with Crippen LogP contribution in [0.1, 0.15) is 30.7 Å². The van der Waals surface area contributed by atoms with E-state index in [-0.39, 0.29) is 35.5 Å². The lowest BCUT2D eigenvalue weighted by Gasteiger charge is -2.19. The van der Waals surface area contributed by atoms with E-state index in [1.807, 2.05) is 0 Å². The summed E-state index contributed by atoms with van der Waals surface area (Å²) >= 11 is 0. The van der Waals surface area contributed by atoms with Crippen LogP contribution < -0.4 is 19.9 Å². The molecule has 3 heterocycles. The predicted molar refractivity (Wildman–Crippen MR) is 102 cm³/mol. The number of aromatic nitrogens is 4. The molecule has 2 aromatic heterocycles. The van der Waals surface area contributed by atoms with E-state index in [1.54, 1.807) is 20.0 Å². The predicted octanol–water partition coefficient (Wildman–Crippen LogP) is 2.52. The molecule has 9 nitrogen and oxygen atoms in total. The van der Waals surface area contributed by atoms with Gasteiger partial charge in [-0.05, 0) is 25.1 Å². The molecule has 1 aliphatic carbocycles. The van der Waals surface area contributed by atoms with Crippen LogP contribution in [-0.2, 0) is 7.05 Å². The lowest BCUT2D eigenvalue weighted by molar-refractivity contribution is 0.188. The van der Waals surface area contributed by atoms with Gasteiger partial charge in [0.2, 0.25) is 5.88 Å². The van der Waals surface area contributed by atoms with Crippen LogP contribution in [-0.4, -0.2) is 32.0 Å². The third-order valence-corrected chi connectivity index (χ3v) is 5.06. The van der Waals surface area contributed by atoms with Crippen molar-refractivity contribution in [2.45, 2.75) is 31.7 Å². The molecule has 3 unspecified atom stereocenters. The fourth-order valence-electron chi connectivity index (χ4n) is 3.41. The molecule has 10 heteroatoms. The Hall–Kier alpha value is -3.87. The van der Waals surface area contributed by atoms with Gasteiger partial charge < -0.3 is 19.9 Å². The highest BCUT2D eigenvalue weighted by Gasteiger charge is 2.44. The molecular weight excluding hydrogens is 391 g/mol. The van der Waals surface area contributed by atoms with Gasteiger partial charge in [-0.1, -0.05) is 0 Å². The molecule has 0 radical (unpaired) electrons. The number of fused-ring (bicyclic) bond motifs is 6. The summed E-state index contributed by atoms with van der Waals surface area (Å²) in [5.74, 6) is 0.442. The van der Waals surface area contributed by atoms with Gasteiger partial charge in [0.15, 0.2) is 11.5 Å². The number of aryl methyl sites for hydroxylation is 1. The van der Waals surface area contributed by atoms with E-state index in [0.717, 1.165) is 0 Å². The van der Waals surface area contributed by atoms with Gasteiger partial charge in [0.1, 0.15) is 47.2 Å². The monoisotopic (exact) mass is 408 g/mol. The van der Waals surface area contributed by atoms with Crippen molar-refractivity contribution >= 4 is 5.82 Å². The van der Waals surface area contributed by atoms with Crippen molar-refractivity contribution in [3.63, 3.8) is 0 Å². The van der Waals surface area contributed by atoms with Gasteiger partial charge in [0.05, 0.1) is 6.20 Å². The van der Waals surface area contributed by atoms with Gasteiger partial charge in [0, 0.05) is 19.0 Å². The second-order valence-electron chi connectivity index (χ2n) is 7.20. The van der Waals surface area contributed by atoms with Crippen molar-refractivity contribution in [2.75, 3.05) is 5.73 Å². The second-order valence-corrected chi connectivity index (χ2v) is 7.20. The number of benzene rings is 1. The van der Waals surface area contributed by atoms with Crippen LogP contribution in [0, 0.1) is 17.1 Å². The Morgan fingerprint density at radius 1 is 1.23 bits per heavy atom. The van der Waals surface area contributed by atoms with Crippen molar-refractivity contribution in [1.29, 1.82) is 5.26 Å². The summed E-state index contributed by atoms with van der Waals surface area (Å²) in [6, 6.07) is 6.36. The van der Waals surface area contributed by atoms with E-state index in [0.29, 0.717) is 29.0 Å². The number of ether oxygens (including phenoxy) is 3. The van der Waals surface area contributed by atoms with Crippen LogP contribution in [0.3, 0.4) is 0 Å². The molecule has 2 aliphatic rings. The first-order valence-electron chi connectivity index (χ1n) is 9.34. The average Bonchev–Trinajstić information content (AvgIpc) is 3.36. The number of anilines is 1. The summed E-state index contributed by atoms with van der Waals surface area (Å²) < 4.78 is 33.3. The molecule has 2 N–H and O–H groups in total. The maximum atomic E-state index is 13.9. The van der Waals surface area contributed by atoms with E-state index in [2.05, 4.69) is 21.1 Å². The van der Waals surface area contributed by atoms with Gasteiger partial charge in [-0.3, -0.25) is 4.68 Å². The SMILES string of the molecule is CC1Oc2nc(cnc2N)-c2c(nn(C)c2C#N)OC2CC2Oc2ccc(F)cc21. The summed E-state index contributed by atoms with van der Waals surface area (Å²) in [7, 11) is 1.65. The fraction of sp³-hybridized carbons (Fsp3) is 0.300. The lowest BCUT2D eigenvalue weighted by Crippen LogP contribution is -2.13. The molecule has 3 aromatic rings. The molecule has 1 fully saturated rings. The molecule has 152 valence electrons. The average molecular weight is 408 g/mol. The summed E-state index contributed by atoms with van der Waals surface area (Å²) in [6.45, 7) is 1.74. The first kappa shape index (κ1) is 18.2. The highest BCUT2D eigenvalue weighted by atomic mass is 19.1. The molecular formula is C20H17FN6O3. The summed E-state index contributed by atoms with van der Waals surface area (Å²) in [5, 5.41) is 13.9. The Labute approximate surface area is 170 Å². The fourth-order valence-corrected chi connectivity index (χ4v) is 3.41. The molecule has 0 spiro atoms. The highest BCUT2D eigenvalue weighted by molar-refractivity contribution is 5.72. The first-order valence-corrected chi connectivity index (χ1v) is 9.34. The molecule has 1 aromatic carbocycles. The molecule has 3 atom stereocenters. The van der Waals surface area contributed by atoms with Crippen molar-refractivity contribution in [1.82, 2.24) is 19.7 Å². The number of nitrogen functional groups attached to an aromatic ring is 1. The molecule has 30 heavy (non-hydrogen) atoms. The standard InChI is InChI=1S/C20H17FN6O3/c1-9-11-5-10(21)3-4-14(11)29-15-6-16(15)30-19-17(13(7-22)27(2)26-19)12-8-24-18(23)20(25-12)28-9/h3-5,8-9,15-16H,6H2,1-2H3,(H2,23,24). The van der Waals surface area contributed by atoms with Gasteiger partial charge in [-0.2, -0.15) is 5.26 Å². The minimum Gasteiger partial charge on any atom is -0.486 e. The lowest BCUT2D eigenvalue weighted by atomic mass is 10.1. The minimum atomic E-state index is -0.620. The van der Waals surface area contributed by atoms with Gasteiger partial charge in [-0.15, -0.1) is 5.10 Å². The molecule has 1 saturated carbocycles. The molecule has 2 bridgehead atoms. The summed E-state index contributed by atoms with van der Waals surface area (Å²) in [4.78, 5) is 8.61. The normalized spacial score (nSPS) is 21.6. The third-order valence-electron chi connectivity index (χ3n) is 5.06. The summed E-state index contributed by atoms with van der Waals surface area (Å²) in [5.41, 5.74) is 7.48. The van der Waals surface area contributed by atoms with Crippen molar-refractivity contribution < 1.29 is 18.6 Å². The number of nitrogens with zero attached hydrogens (tertiary/aromatic N) is 5. The van der Waals surface area contributed by atoms with Crippen LogP contribution in [0.2, 0.25) is 0 Å². The third kappa shape index (κ3) is 2.95. The van der Waals surface area contributed by atoms with E-state index >= 15 is 0 Å². The zero-order valence-corrected chi connectivity index (χ0v) is 16.2. The van der Waals surface area contributed by atoms with Gasteiger partial charge >= 0.3 is 0 Å². The van der Waals surface area contributed by atoms with Crippen LogP contribution in [0.4, 0.5) is 10.2 Å². The molecule has 0 saturated heterocycles. The number of nitrogens with two attached hydrogens (primary N) is 1. The summed E-state index contributed by atoms with van der Waals surface area (Å²) in [6.07, 6.45) is 0.947. The number of hydrogen-bond donors (Lipinski definition) is 1. The van der Waals surface area contributed by atoms with Crippen LogP contribution in [0.15, 0.2) is 24.4 Å². The minimum absolute atomic E-state index is 0.0540. The second kappa shape index (κ2) is 6.59.